The van der Waals surface area contributed by atoms with Gasteiger partial charge in [-0.1, -0.05) is 45.8 Å². The number of nitrogens with one attached hydrogen (secondary N) is 1. The smallest absolute Gasteiger partial charge is 0.251 e. The number of benzene rings is 3. The van der Waals surface area contributed by atoms with E-state index in [2.05, 4.69) is 38.8 Å². The zero-order chi connectivity index (χ0) is 21.6. The van der Waals surface area contributed by atoms with Crippen molar-refractivity contribution >= 4 is 32.9 Å². The average Bonchev–Trinajstić information content (AvgIpc) is 3.13. The molecule has 1 N–H and O–H groups in total. The SMILES string of the molecule is Cc1ccc(OCCn2c(CCNC(=O)c3ccc(Br)cc3)nc3ccccc32)cc1. The number of carbonyl (C=O) groups is 1. The summed E-state index contributed by atoms with van der Waals surface area (Å²) in [5, 5.41) is 2.99. The van der Waals surface area contributed by atoms with E-state index in [1.807, 2.05) is 54.6 Å². The Balaban J connectivity index is 1.41. The summed E-state index contributed by atoms with van der Waals surface area (Å²) in [5.41, 5.74) is 3.87. The van der Waals surface area contributed by atoms with E-state index in [4.69, 9.17) is 9.72 Å². The van der Waals surface area contributed by atoms with Crippen molar-refractivity contribution in [2.45, 2.75) is 19.9 Å². The van der Waals surface area contributed by atoms with E-state index in [0.29, 0.717) is 31.7 Å². The first-order valence-electron chi connectivity index (χ1n) is 10.3. The van der Waals surface area contributed by atoms with Gasteiger partial charge in [-0.15, -0.1) is 0 Å². The van der Waals surface area contributed by atoms with Gasteiger partial charge in [0.1, 0.15) is 18.2 Å². The zero-order valence-electron chi connectivity index (χ0n) is 17.3. The zero-order valence-corrected chi connectivity index (χ0v) is 18.9. The summed E-state index contributed by atoms with van der Waals surface area (Å²) in [7, 11) is 0. The molecule has 0 aliphatic carbocycles. The van der Waals surface area contributed by atoms with Crippen molar-refractivity contribution in [1.29, 1.82) is 0 Å². The molecule has 31 heavy (non-hydrogen) atoms. The lowest BCUT2D eigenvalue weighted by atomic mass is 10.2. The molecular weight excluding hydrogens is 454 g/mol. The van der Waals surface area contributed by atoms with Crippen LogP contribution in [0.1, 0.15) is 21.7 Å². The molecule has 0 saturated carbocycles. The number of fused-ring (bicyclic) bond motifs is 1. The predicted octanol–water partition coefficient (Wildman–Crippen LogP) is 5.16. The molecule has 0 spiro atoms. The summed E-state index contributed by atoms with van der Waals surface area (Å²) in [6, 6.07) is 23.5. The third-order valence-corrected chi connectivity index (χ3v) is 5.61. The standard InChI is InChI=1S/C25H24BrN3O2/c1-18-6-12-21(13-7-18)31-17-16-29-23-5-3-2-4-22(23)28-24(29)14-15-27-25(30)19-8-10-20(26)11-9-19/h2-13H,14-17H2,1H3,(H,27,30). The van der Waals surface area contributed by atoms with Crippen LogP contribution in [0.25, 0.3) is 11.0 Å². The molecule has 5 nitrogen and oxygen atoms in total. The molecule has 158 valence electrons. The number of aryl methyl sites for hydroxylation is 1. The fourth-order valence-electron chi connectivity index (χ4n) is 3.45. The molecule has 1 amide bonds. The van der Waals surface area contributed by atoms with E-state index < -0.39 is 0 Å². The Hall–Kier alpha value is -3.12. The number of aromatic nitrogens is 2. The van der Waals surface area contributed by atoms with Gasteiger partial charge in [0.2, 0.25) is 0 Å². The van der Waals surface area contributed by atoms with Gasteiger partial charge in [0.05, 0.1) is 17.6 Å². The fourth-order valence-corrected chi connectivity index (χ4v) is 3.71. The average molecular weight is 478 g/mol. The fraction of sp³-hybridized carbons (Fsp3) is 0.200. The van der Waals surface area contributed by atoms with Crippen LogP contribution < -0.4 is 10.1 Å². The third kappa shape index (κ3) is 5.33. The van der Waals surface area contributed by atoms with Crippen LogP contribution in [0.5, 0.6) is 5.75 Å². The second kappa shape index (κ2) is 9.79. The van der Waals surface area contributed by atoms with E-state index in [-0.39, 0.29) is 5.91 Å². The molecule has 1 heterocycles. The lowest BCUT2D eigenvalue weighted by molar-refractivity contribution is 0.0954. The number of nitrogens with zero attached hydrogens (tertiary/aromatic N) is 2. The predicted molar refractivity (Wildman–Crippen MR) is 127 cm³/mol. The summed E-state index contributed by atoms with van der Waals surface area (Å²) in [5.74, 6) is 1.71. The molecule has 1 aromatic heterocycles. The third-order valence-electron chi connectivity index (χ3n) is 5.08. The number of rotatable bonds is 8. The number of hydrogen-bond donors (Lipinski definition) is 1. The molecule has 0 radical (unpaired) electrons. The van der Waals surface area contributed by atoms with Gasteiger partial charge in [0.25, 0.3) is 5.91 Å². The molecule has 0 fully saturated rings. The maximum absolute atomic E-state index is 12.4. The molecule has 0 atom stereocenters. The Morgan fingerprint density at radius 3 is 2.55 bits per heavy atom. The summed E-state index contributed by atoms with van der Waals surface area (Å²) in [6.07, 6.45) is 0.640. The van der Waals surface area contributed by atoms with Gasteiger partial charge in [-0.05, 0) is 55.5 Å². The molecule has 0 bridgehead atoms. The Morgan fingerprint density at radius 2 is 1.77 bits per heavy atom. The molecule has 4 rings (SSSR count). The summed E-state index contributed by atoms with van der Waals surface area (Å²) < 4.78 is 9.05. The Kier molecular flexibility index (Phi) is 6.67. The maximum atomic E-state index is 12.4. The van der Waals surface area contributed by atoms with Gasteiger partial charge in [-0.2, -0.15) is 0 Å². The van der Waals surface area contributed by atoms with Crippen molar-refractivity contribution in [3.63, 3.8) is 0 Å². The van der Waals surface area contributed by atoms with Crippen LogP contribution in [0.15, 0.2) is 77.3 Å². The first kappa shape index (κ1) is 21.1. The van der Waals surface area contributed by atoms with E-state index in [0.717, 1.165) is 27.1 Å². The van der Waals surface area contributed by atoms with Gasteiger partial charge >= 0.3 is 0 Å². The normalized spacial score (nSPS) is 10.9. The number of para-hydroxylation sites is 2. The largest absolute Gasteiger partial charge is 0.492 e. The van der Waals surface area contributed by atoms with Crippen LogP contribution in [0.3, 0.4) is 0 Å². The highest BCUT2D eigenvalue weighted by atomic mass is 79.9. The minimum Gasteiger partial charge on any atom is -0.492 e. The van der Waals surface area contributed by atoms with Crippen molar-refractivity contribution in [2.24, 2.45) is 0 Å². The van der Waals surface area contributed by atoms with Crippen LogP contribution in [-0.2, 0) is 13.0 Å². The number of carbonyl (C=O) groups excluding carboxylic acids is 1. The highest BCUT2D eigenvalue weighted by Gasteiger charge is 2.12. The Morgan fingerprint density at radius 1 is 1.03 bits per heavy atom. The van der Waals surface area contributed by atoms with Crippen LogP contribution >= 0.6 is 15.9 Å². The van der Waals surface area contributed by atoms with Crippen molar-refractivity contribution in [2.75, 3.05) is 13.2 Å². The number of amides is 1. The van der Waals surface area contributed by atoms with E-state index in [9.17, 15) is 4.79 Å². The van der Waals surface area contributed by atoms with Crippen LogP contribution in [-0.4, -0.2) is 28.6 Å². The van der Waals surface area contributed by atoms with Crippen molar-refractivity contribution in [3.8, 4) is 5.75 Å². The molecule has 0 saturated heterocycles. The number of halogens is 1. The van der Waals surface area contributed by atoms with Gasteiger partial charge in [-0.25, -0.2) is 4.98 Å². The highest BCUT2D eigenvalue weighted by molar-refractivity contribution is 9.10. The minimum absolute atomic E-state index is 0.0853. The number of imidazole rings is 1. The quantitative estimate of drug-likeness (QED) is 0.381. The molecule has 3 aromatic carbocycles. The van der Waals surface area contributed by atoms with E-state index >= 15 is 0 Å². The summed E-state index contributed by atoms with van der Waals surface area (Å²) >= 11 is 3.39. The summed E-state index contributed by atoms with van der Waals surface area (Å²) in [6.45, 7) is 3.80. The molecule has 6 heteroatoms. The minimum atomic E-state index is -0.0853. The van der Waals surface area contributed by atoms with Crippen molar-refractivity contribution in [3.05, 3.63) is 94.2 Å². The van der Waals surface area contributed by atoms with Crippen LogP contribution in [0, 0.1) is 6.92 Å². The number of ether oxygens (including phenoxy) is 1. The molecule has 0 aliphatic rings. The maximum Gasteiger partial charge on any atom is 0.251 e. The molecular formula is C25H24BrN3O2. The Labute approximate surface area is 190 Å². The van der Waals surface area contributed by atoms with E-state index in [1.165, 1.54) is 5.56 Å². The van der Waals surface area contributed by atoms with Crippen molar-refractivity contribution in [1.82, 2.24) is 14.9 Å². The van der Waals surface area contributed by atoms with Crippen LogP contribution in [0.4, 0.5) is 0 Å². The first-order chi connectivity index (χ1) is 15.1. The van der Waals surface area contributed by atoms with Gasteiger partial charge in [0.15, 0.2) is 0 Å². The second-order valence-electron chi connectivity index (χ2n) is 7.34. The second-order valence-corrected chi connectivity index (χ2v) is 8.26. The lowest BCUT2D eigenvalue weighted by Gasteiger charge is -2.11. The number of hydrogen-bond acceptors (Lipinski definition) is 3. The molecule has 0 aliphatic heterocycles. The topological polar surface area (TPSA) is 56.1 Å². The van der Waals surface area contributed by atoms with E-state index in [1.54, 1.807) is 12.1 Å². The summed E-state index contributed by atoms with van der Waals surface area (Å²) in [4.78, 5) is 17.2. The van der Waals surface area contributed by atoms with Crippen LogP contribution in [0.2, 0.25) is 0 Å². The Bertz CT molecular complexity index is 1170. The van der Waals surface area contributed by atoms with Gasteiger partial charge in [-0.3, -0.25) is 4.79 Å². The lowest BCUT2D eigenvalue weighted by Crippen LogP contribution is -2.26. The highest BCUT2D eigenvalue weighted by Crippen LogP contribution is 2.17. The molecule has 0 unspecified atom stereocenters. The molecule has 4 aromatic rings. The van der Waals surface area contributed by atoms with Gasteiger partial charge < -0.3 is 14.6 Å². The first-order valence-corrected chi connectivity index (χ1v) is 11.1. The monoisotopic (exact) mass is 477 g/mol. The van der Waals surface area contributed by atoms with Crippen molar-refractivity contribution < 1.29 is 9.53 Å². The van der Waals surface area contributed by atoms with Gasteiger partial charge in [0, 0.05) is 23.0 Å².